The van der Waals surface area contributed by atoms with Crippen LogP contribution in [0.25, 0.3) is 21.8 Å². The molecule has 0 aliphatic carbocycles. The van der Waals surface area contributed by atoms with E-state index < -0.39 is 18.1 Å². The Bertz CT molecular complexity index is 2440. The number of nitrogens with one attached hydrogen (secondary N) is 4. The van der Waals surface area contributed by atoms with E-state index in [4.69, 9.17) is 15.2 Å². The summed E-state index contributed by atoms with van der Waals surface area (Å²) < 4.78 is 10.8. The zero-order chi connectivity index (χ0) is 40.3. The summed E-state index contributed by atoms with van der Waals surface area (Å²) in [5, 5.41) is 31.6. The van der Waals surface area contributed by atoms with Crippen LogP contribution in [0, 0.1) is 6.92 Å². The van der Waals surface area contributed by atoms with Gasteiger partial charge in [-0.05, 0) is 91.5 Å². The molecule has 0 spiro atoms. The fourth-order valence-corrected chi connectivity index (χ4v) is 7.56. The van der Waals surface area contributed by atoms with Crippen LogP contribution in [0.15, 0.2) is 106 Å². The van der Waals surface area contributed by atoms with Crippen molar-refractivity contribution in [3.8, 4) is 11.5 Å². The Morgan fingerprint density at radius 3 is 2.60 bits per heavy atom. The lowest BCUT2D eigenvalue weighted by Crippen LogP contribution is -2.24. The maximum absolute atomic E-state index is 12.5. The highest BCUT2D eigenvalue weighted by atomic mass is 32.2. The maximum Gasteiger partial charge on any atom is 0.407 e. The number of hydrogen-bond acceptors (Lipinski definition) is 11. The molecule has 8 N–H and O–H groups in total. The predicted molar refractivity (Wildman–Crippen MR) is 223 cm³/mol. The van der Waals surface area contributed by atoms with Crippen molar-refractivity contribution in [2.45, 2.75) is 55.0 Å². The lowest BCUT2D eigenvalue weighted by Gasteiger charge is -2.16. The number of alkyl carbamates (subject to hydrolysis) is 1. The fraction of sp³-hybridized carbons (Fsp3) is 0.256. The van der Waals surface area contributed by atoms with E-state index >= 15 is 0 Å². The van der Waals surface area contributed by atoms with Crippen molar-refractivity contribution in [3.63, 3.8) is 0 Å². The zero-order valence-corrected chi connectivity index (χ0v) is 32.6. The molecule has 0 bridgehead atoms. The number of aliphatic hydroxyl groups excluding tert-OH is 1. The van der Waals surface area contributed by atoms with Gasteiger partial charge in [-0.2, -0.15) is 0 Å². The molecule has 0 saturated carbocycles. The van der Waals surface area contributed by atoms with E-state index in [-0.39, 0.29) is 16.9 Å². The van der Waals surface area contributed by atoms with Crippen LogP contribution in [0.3, 0.4) is 0 Å². The van der Waals surface area contributed by atoms with Crippen molar-refractivity contribution in [2.24, 2.45) is 5.73 Å². The summed E-state index contributed by atoms with van der Waals surface area (Å²) in [6.45, 7) is 3.63. The average molecular weight is 791 g/mol. The topological polar surface area (TPSA) is 201 Å². The second kappa shape index (κ2) is 19.2. The number of benzene rings is 4. The molecule has 6 rings (SSSR count). The number of fused-ring (bicyclic) bond motifs is 2. The number of carbonyl (C=O) groups excluding carboxylic acids is 2. The highest BCUT2D eigenvalue weighted by Crippen LogP contribution is 2.37. The number of aromatic nitrogens is 2. The molecule has 1 unspecified atom stereocenters. The van der Waals surface area contributed by atoms with Crippen LogP contribution in [-0.2, 0) is 11.3 Å². The monoisotopic (exact) mass is 790 g/mol. The lowest BCUT2D eigenvalue weighted by molar-refractivity contribution is 0.100. The average Bonchev–Trinajstić information content (AvgIpc) is 3.20. The number of carbonyl (C=O) groups is 2. The van der Waals surface area contributed by atoms with Gasteiger partial charge in [0.05, 0.1) is 42.1 Å². The van der Waals surface area contributed by atoms with E-state index in [0.29, 0.717) is 54.1 Å². The normalized spacial score (nSPS) is 11.7. The van der Waals surface area contributed by atoms with Gasteiger partial charge >= 0.3 is 6.09 Å². The minimum atomic E-state index is -0.805. The van der Waals surface area contributed by atoms with Gasteiger partial charge in [0.25, 0.3) is 5.91 Å². The molecule has 1 atom stereocenters. The first-order valence-corrected chi connectivity index (χ1v) is 19.5. The van der Waals surface area contributed by atoms with E-state index in [1.165, 1.54) is 18.3 Å². The third-order valence-electron chi connectivity index (χ3n) is 9.40. The van der Waals surface area contributed by atoms with Gasteiger partial charge in [0, 0.05) is 57.7 Å². The second-order valence-corrected chi connectivity index (χ2v) is 14.7. The molecule has 2 aromatic heterocycles. The van der Waals surface area contributed by atoms with Crippen molar-refractivity contribution in [1.82, 2.24) is 20.6 Å². The van der Waals surface area contributed by atoms with Gasteiger partial charge in [0.1, 0.15) is 11.5 Å². The number of rotatable bonds is 18. The van der Waals surface area contributed by atoms with Gasteiger partial charge in [0.2, 0.25) is 5.56 Å². The number of aliphatic hydroxyl groups is 1. The Kier molecular flexibility index (Phi) is 13.6. The number of phenolic OH excluding ortho intramolecular Hbond substituents is 1. The van der Waals surface area contributed by atoms with E-state index in [9.17, 15) is 24.6 Å². The van der Waals surface area contributed by atoms with Crippen LogP contribution < -0.4 is 32.0 Å². The number of H-pyrrole nitrogens is 1. The summed E-state index contributed by atoms with van der Waals surface area (Å²) in [4.78, 5) is 45.6. The van der Waals surface area contributed by atoms with Crippen molar-refractivity contribution in [1.29, 1.82) is 0 Å². The van der Waals surface area contributed by atoms with Gasteiger partial charge in [-0.1, -0.05) is 48.9 Å². The van der Waals surface area contributed by atoms with Crippen LogP contribution in [0.4, 0.5) is 16.2 Å². The molecule has 14 heteroatoms. The Morgan fingerprint density at radius 2 is 1.77 bits per heavy atom. The summed E-state index contributed by atoms with van der Waals surface area (Å²) >= 11 is 1.56. The van der Waals surface area contributed by atoms with Crippen LogP contribution >= 0.6 is 11.8 Å². The number of nitrogens with zero attached hydrogens (tertiary/aromatic N) is 1. The Balaban J connectivity index is 0.939. The Hall–Kier alpha value is -6.09. The quantitative estimate of drug-likeness (QED) is 0.0434. The summed E-state index contributed by atoms with van der Waals surface area (Å²) in [6, 6.07) is 25.5. The Morgan fingerprint density at radius 1 is 0.947 bits per heavy atom. The fourth-order valence-electron chi connectivity index (χ4n) is 6.52. The molecular weight excluding hydrogens is 745 g/mol. The smallest absolute Gasteiger partial charge is 0.407 e. The van der Waals surface area contributed by atoms with Crippen molar-refractivity contribution in [2.75, 3.05) is 32.1 Å². The Labute approximate surface area is 334 Å². The van der Waals surface area contributed by atoms with Crippen molar-refractivity contribution >= 4 is 56.9 Å². The number of aryl methyl sites for hydroxylation is 1. The highest BCUT2D eigenvalue weighted by Gasteiger charge is 2.17. The molecule has 4 aromatic carbocycles. The molecule has 6 aromatic rings. The summed E-state index contributed by atoms with van der Waals surface area (Å²) in [5.41, 5.74) is 10.6. The molecule has 0 fully saturated rings. The molecule has 2 heterocycles. The third-order valence-corrected chi connectivity index (χ3v) is 10.4. The number of nitrogens with two attached hydrogens (primary N) is 1. The van der Waals surface area contributed by atoms with Gasteiger partial charge in [0.15, 0.2) is 0 Å². The van der Waals surface area contributed by atoms with Crippen LogP contribution in [0.2, 0.25) is 0 Å². The summed E-state index contributed by atoms with van der Waals surface area (Å²) in [5.74, 6) is 0.0375. The maximum atomic E-state index is 12.5. The summed E-state index contributed by atoms with van der Waals surface area (Å²) in [6.07, 6.45) is 3.66. The first-order chi connectivity index (χ1) is 27.6. The second-order valence-electron chi connectivity index (χ2n) is 13.6. The number of aromatic amines is 1. The SMILES string of the molecule is COc1cccc(Nc2c(C(N)=O)cnc3c(C)cc(Sc4cccc(CNC(=O)OCCCCCCNCC(O)c5ccc(O)c6[nH]c(=O)ccc56)c4)cc23)c1. The number of hydrogen-bond donors (Lipinski definition) is 7. The molecular formula is C43H46N6O7S. The zero-order valence-electron chi connectivity index (χ0n) is 31.8. The minimum absolute atomic E-state index is 0.0426. The molecule has 0 aliphatic rings. The van der Waals surface area contributed by atoms with E-state index in [0.717, 1.165) is 63.2 Å². The number of anilines is 2. The predicted octanol–water partition coefficient (Wildman–Crippen LogP) is 7.20. The van der Waals surface area contributed by atoms with Crippen LogP contribution in [-0.4, -0.2) is 59.0 Å². The molecule has 296 valence electrons. The number of phenols is 1. The number of unbranched alkanes of at least 4 members (excludes halogenated alkanes) is 3. The van der Waals surface area contributed by atoms with Gasteiger partial charge in [-0.3, -0.25) is 14.6 Å². The molecule has 0 radical (unpaired) electrons. The molecule has 2 amide bonds. The van der Waals surface area contributed by atoms with E-state index in [1.54, 1.807) is 31.0 Å². The first kappa shape index (κ1) is 40.6. The van der Waals surface area contributed by atoms with Gasteiger partial charge in [-0.15, -0.1) is 0 Å². The molecule has 0 aliphatic heterocycles. The number of ether oxygens (including phenoxy) is 2. The number of primary amides is 1. The van der Waals surface area contributed by atoms with Gasteiger partial charge < -0.3 is 46.4 Å². The number of methoxy groups -OCH3 is 1. The largest absolute Gasteiger partial charge is 0.506 e. The number of pyridine rings is 2. The molecule has 13 nitrogen and oxygen atoms in total. The molecule has 57 heavy (non-hydrogen) atoms. The molecule has 0 saturated heterocycles. The number of amides is 2. The van der Waals surface area contributed by atoms with E-state index in [1.807, 2.05) is 61.5 Å². The summed E-state index contributed by atoms with van der Waals surface area (Å²) in [7, 11) is 1.60. The van der Waals surface area contributed by atoms with E-state index in [2.05, 4.69) is 32.0 Å². The minimum Gasteiger partial charge on any atom is -0.506 e. The highest BCUT2D eigenvalue weighted by molar-refractivity contribution is 7.99. The van der Waals surface area contributed by atoms with Crippen LogP contribution in [0.5, 0.6) is 11.5 Å². The lowest BCUT2D eigenvalue weighted by atomic mass is 10.0. The first-order valence-electron chi connectivity index (χ1n) is 18.6. The van der Waals surface area contributed by atoms with Gasteiger partial charge in [-0.25, -0.2) is 4.79 Å². The third kappa shape index (κ3) is 10.6. The standard InChI is InChI=1S/C43H46N6O7S/c1-26-19-31(22-34-39(26)46-24-35(42(44)53)40(34)48-28-10-8-11-29(21-28)55-2)57-30-12-7-9-27(20-30)23-47-43(54)56-18-6-4-3-5-17-45-25-37(51)32-13-15-36(50)41-33(32)14-16-38(52)49-41/h7-16,19-22,24,37,45,50-51H,3-6,17-18,23,25H2,1-2H3,(H2,44,53)(H,46,48)(H,47,54)(H,49,52). The van der Waals surface area contributed by atoms with Crippen LogP contribution in [0.1, 0.15) is 58.8 Å². The number of aromatic hydroxyl groups is 1. The van der Waals surface area contributed by atoms with Crippen molar-refractivity contribution < 1.29 is 29.3 Å². The van der Waals surface area contributed by atoms with Crippen molar-refractivity contribution in [3.05, 3.63) is 124 Å².